The third kappa shape index (κ3) is 2.79. The maximum atomic E-state index is 13.7. The van der Waals surface area contributed by atoms with Crippen LogP contribution in [0, 0.1) is 5.82 Å². The quantitative estimate of drug-likeness (QED) is 0.892. The molecule has 0 bridgehead atoms. The van der Waals surface area contributed by atoms with Crippen molar-refractivity contribution in [3.05, 3.63) is 33.5 Å². The van der Waals surface area contributed by atoms with Crippen LogP contribution >= 0.6 is 15.9 Å². The molecule has 0 heterocycles. The summed E-state index contributed by atoms with van der Waals surface area (Å²) in [5, 5.41) is 0. The van der Waals surface area contributed by atoms with Crippen LogP contribution in [0.3, 0.4) is 0 Å². The molecule has 1 aromatic rings. The van der Waals surface area contributed by atoms with Gasteiger partial charge in [0, 0.05) is 0 Å². The van der Waals surface area contributed by atoms with Crippen LogP contribution in [0.25, 0.3) is 0 Å². The standard InChI is InChI=1S/C12H17BrFN/c1-7(2)10-4-9(8(3)6-15)5-11(13)12(10)14/h4-5,7-8H,6,15H2,1-3H3. The summed E-state index contributed by atoms with van der Waals surface area (Å²) >= 11 is 3.25. The first-order chi connectivity index (χ1) is 6.97. The van der Waals surface area contributed by atoms with Crippen LogP contribution in [-0.4, -0.2) is 6.54 Å². The lowest BCUT2D eigenvalue weighted by molar-refractivity contribution is 0.589. The molecule has 0 amide bonds. The summed E-state index contributed by atoms with van der Waals surface area (Å²) in [4.78, 5) is 0. The Kier molecular flexibility index (Phi) is 4.29. The number of benzene rings is 1. The lowest BCUT2D eigenvalue weighted by Gasteiger charge is -2.15. The Bertz CT molecular complexity index is 350. The summed E-state index contributed by atoms with van der Waals surface area (Å²) < 4.78 is 14.3. The van der Waals surface area contributed by atoms with Crippen LogP contribution in [0.4, 0.5) is 4.39 Å². The molecule has 0 spiro atoms. The molecule has 0 aromatic heterocycles. The largest absolute Gasteiger partial charge is 0.330 e. The van der Waals surface area contributed by atoms with Crippen LogP contribution in [-0.2, 0) is 0 Å². The van der Waals surface area contributed by atoms with E-state index in [4.69, 9.17) is 5.73 Å². The Balaban J connectivity index is 3.23. The van der Waals surface area contributed by atoms with Gasteiger partial charge in [-0.3, -0.25) is 0 Å². The van der Waals surface area contributed by atoms with Gasteiger partial charge in [0.25, 0.3) is 0 Å². The minimum absolute atomic E-state index is 0.155. The smallest absolute Gasteiger partial charge is 0.140 e. The molecule has 3 heteroatoms. The van der Waals surface area contributed by atoms with E-state index >= 15 is 0 Å². The molecule has 1 rings (SSSR count). The summed E-state index contributed by atoms with van der Waals surface area (Å²) in [6, 6.07) is 3.74. The Morgan fingerprint density at radius 1 is 1.33 bits per heavy atom. The predicted octanol–water partition coefficient (Wildman–Crippen LogP) is 3.77. The van der Waals surface area contributed by atoms with Crippen molar-refractivity contribution in [3.63, 3.8) is 0 Å². The summed E-state index contributed by atoms with van der Waals surface area (Å²) in [6.07, 6.45) is 0. The second-order valence-corrected chi connectivity index (χ2v) is 5.05. The SMILES string of the molecule is CC(C)c1cc(C(C)CN)cc(Br)c1F. The molecular weight excluding hydrogens is 257 g/mol. The molecule has 1 unspecified atom stereocenters. The molecule has 0 aliphatic rings. The zero-order valence-electron chi connectivity index (χ0n) is 9.35. The Morgan fingerprint density at radius 3 is 2.40 bits per heavy atom. The van der Waals surface area contributed by atoms with Crippen LogP contribution in [0.1, 0.15) is 43.7 Å². The Labute approximate surface area is 99.0 Å². The van der Waals surface area contributed by atoms with Crippen LogP contribution in [0.2, 0.25) is 0 Å². The molecule has 1 aromatic carbocycles. The van der Waals surface area contributed by atoms with Crippen molar-refractivity contribution in [2.24, 2.45) is 5.73 Å². The van der Waals surface area contributed by atoms with Crippen LogP contribution in [0.15, 0.2) is 16.6 Å². The van der Waals surface area contributed by atoms with E-state index in [1.54, 1.807) is 0 Å². The summed E-state index contributed by atoms with van der Waals surface area (Å²) in [7, 11) is 0. The van der Waals surface area contributed by atoms with Crippen molar-refractivity contribution < 1.29 is 4.39 Å². The monoisotopic (exact) mass is 273 g/mol. The fourth-order valence-corrected chi connectivity index (χ4v) is 1.97. The summed E-state index contributed by atoms with van der Waals surface area (Å²) in [5.74, 6) is 0.295. The van der Waals surface area contributed by atoms with Gasteiger partial charge in [0.2, 0.25) is 0 Å². The number of nitrogens with two attached hydrogens (primary N) is 1. The van der Waals surface area contributed by atoms with E-state index in [2.05, 4.69) is 15.9 Å². The molecule has 84 valence electrons. The molecule has 0 aliphatic carbocycles. The second kappa shape index (κ2) is 5.08. The van der Waals surface area contributed by atoms with Gasteiger partial charge in [-0.15, -0.1) is 0 Å². The average molecular weight is 274 g/mol. The van der Waals surface area contributed by atoms with Crippen molar-refractivity contribution in [1.29, 1.82) is 0 Å². The van der Waals surface area contributed by atoms with E-state index in [9.17, 15) is 4.39 Å². The molecule has 0 fully saturated rings. The van der Waals surface area contributed by atoms with Crippen LogP contribution < -0.4 is 5.73 Å². The van der Waals surface area contributed by atoms with E-state index in [-0.39, 0.29) is 17.7 Å². The van der Waals surface area contributed by atoms with Crippen molar-refractivity contribution in [2.45, 2.75) is 32.6 Å². The minimum atomic E-state index is -0.155. The highest BCUT2D eigenvalue weighted by Crippen LogP contribution is 2.29. The number of rotatable bonds is 3. The topological polar surface area (TPSA) is 26.0 Å². The third-order valence-corrected chi connectivity index (χ3v) is 3.20. The molecule has 15 heavy (non-hydrogen) atoms. The Morgan fingerprint density at radius 2 is 1.93 bits per heavy atom. The highest BCUT2D eigenvalue weighted by atomic mass is 79.9. The van der Waals surface area contributed by atoms with E-state index in [0.717, 1.165) is 11.1 Å². The van der Waals surface area contributed by atoms with Crippen molar-refractivity contribution in [3.8, 4) is 0 Å². The zero-order valence-corrected chi connectivity index (χ0v) is 10.9. The second-order valence-electron chi connectivity index (χ2n) is 4.20. The highest BCUT2D eigenvalue weighted by Gasteiger charge is 2.14. The number of halogens is 2. The van der Waals surface area contributed by atoms with E-state index in [0.29, 0.717) is 11.0 Å². The maximum absolute atomic E-state index is 13.7. The highest BCUT2D eigenvalue weighted by molar-refractivity contribution is 9.10. The molecule has 1 atom stereocenters. The van der Waals surface area contributed by atoms with E-state index < -0.39 is 0 Å². The van der Waals surface area contributed by atoms with Crippen molar-refractivity contribution >= 4 is 15.9 Å². The average Bonchev–Trinajstić information content (AvgIpc) is 2.20. The van der Waals surface area contributed by atoms with Gasteiger partial charge in [0.1, 0.15) is 5.82 Å². The number of hydrogen-bond donors (Lipinski definition) is 1. The van der Waals surface area contributed by atoms with Gasteiger partial charge in [-0.25, -0.2) is 4.39 Å². The first-order valence-corrected chi connectivity index (χ1v) is 5.95. The predicted molar refractivity (Wildman–Crippen MR) is 65.7 cm³/mol. The van der Waals surface area contributed by atoms with Crippen LogP contribution in [0.5, 0.6) is 0 Å². The van der Waals surface area contributed by atoms with Gasteiger partial charge in [0.05, 0.1) is 4.47 Å². The lowest BCUT2D eigenvalue weighted by atomic mass is 9.94. The van der Waals surface area contributed by atoms with Gasteiger partial charge in [0.15, 0.2) is 0 Å². The molecule has 0 saturated heterocycles. The molecule has 2 N–H and O–H groups in total. The van der Waals surface area contributed by atoms with E-state index in [1.807, 2.05) is 32.9 Å². The van der Waals surface area contributed by atoms with Gasteiger partial charge < -0.3 is 5.73 Å². The van der Waals surface area contributed by atoms with Gasteiger partial charge in [-0.05, 0) is 51.5 Å². The summed E-state index contributed by atoms with van der Waals surface area (Å²) in [5.41, 5.74) is 7.45. The molecular formula is C12H17BrFN. The summed E-state index contributed by atoms with van der Waals surface area (Å²) in [6.45, 7) is 6.60. The van der Waals surface area contributed by atoms with E-state index in [1.165, 1.54) is 0 Å². The van der Waals surface area contributed by atoms with Crippen molar-refractivity contribution in [1.82, 2.24) is 0 Å². The Hall–Kier alpha value is -0.410. The molecule has 0 saturated carbocycles. The zero-order chi connectivity index (χ0) is 11.6. The molecule has 0 aliphatic heterocycles. The minimum Gasteiger partial charge on any atom is -0.330 e. The first kappa shape index (κ1) is 12.7. The number of hydrogen-bond acceptors (Lipinski definition) is 1. The molecule has 0 radical (unpaired) electrons. The van der Waals surface area contributed by atoms with Gasteiger partial charge in [-0.2, -0.15) is 0 Å². The lowest BCUT2D eigenvalue weighted by Crippen LogP contribution is -2.10. The normalized spacial score (nSPS) is 13.3. The van der Waals surface area contributed by atoms with Crippen molar-refractivity contribution in [2.75, 3.05) is 6.54 Å². The first-order valence-electron chi connectivity index (χ1n) is 5.16. The van der Waals surface area contributed by atoms with Gasteiger partial charge >= 0.3 is 0 Å². The fourth-order valence-electron chi connectivity index (χ4n) is 1.47. The maximum Gasteiger partial charge on any atom is 0.140 e. The third-order valence-electron chi connectivity index (χ3n) is 2.62. The fraction of sp³-hybridized carbons (Fsp3) is 0.500. The molecule has 1 nitrogen and oxygen atoms in total. The van der Waals surface area contributed by atoms with Gasteiger partial charge in [-0.1, -0.05) is 26.8 Å².